The molecule has 2 aromatic carbocycles. The summed E-state index contributed by atoms with van der Waals surface area (Å²) in [5, 5.41) is 11.4. The second-order valence-electron chi connectivity index (χ2n) is 6.90. The van der Waals surface area contributed by atoms with E-state index in [9.17, 15) is 18.7 Å². The summed E-state index contributed by atoms with van der Waals surface area (Å²) >= 11 is 0. The summed E-state index contributed by atoms with van der Waals surface area (Å²) in [7, 11) is 0. The van der Waals surface area contributed by atoms with Crippen LogP contribution in [0.5, 0.6) is 11.6 Å². The molecule has 0 aliphatic heterocycles. The van der Waals surface area contributed by atoms with Crippen molar-refractivity contribution in [2.24, 2.45) is 0 Å². The largest absolute Gasteiger partial charge is 1.00 e. The first-order chi connectivity index (χ1) is 14.2. The molecule has 0 aliphatic rings. The van der Waals surface area contributed by atoms with Gasteiger partial charge in [0.15, 0.2) is 5.82 Å². The number of benzene rings is 2. The van der Waals surface area contributed by atoms with E-state index in [1.54, 1.807) is 6.92 Å². The first-order valence-electron chi connectivity index (χ1n) is 9.18. The first kappa shape index (κ1) is 24.7. The zero-order valence-electron chi connectivity index (χ0n) is 17.6. The third kappa shape index (κ3) is 6.00. The quantitative estimate of drug-likeness (QED) is 0.499. The van der Waals surface area contributed by atoms with Gasteiger partial charge in [0.1, 0.15) is 23.0 Å². The van der Waals surface area contributed by atoms with Crippen LogP contribution >= 0.6 is 0 Å². The van der Waals surface area contributed by atoms with Crippen molar-refractivity contribution in [3.63, 3.8) is 0 Å². The minimum Gasteiger partial charge on any atom is -0.546 e. The second kappa shape index (κ2) is 10.2. The molecule has 3 rings (SSSR count). The number of nitrogens with zero attached hydrogens (tertiary/aromatic N) is 2. The molecule has 0 fully saturated rings. The molecule has 0 amide bonds. The van der Waals surface area contributed by atoms with Crippen molar-refractivity contribution in [1.29, 1.82) is 0 Å². The fourth-order valence-electron chi connectivity index (χ4n) is 2.63. The van der Waals surface area contributed by atoms with Crippen LogP contribution in [0, 0.1) is 11.6 Å². The minimum atomic E-state index is -1.68. The number of carbonyl (C=O) groups is 1. The van der Waals surface area contributed by atoms with Crippen LogP contribution < -0.4 is 44.1 Å². The van der Waals surface area contributed by atoms with E-state index >= 15 is 0 Å². The van der Waals surface area contributed by atoms with Gasteiger partial charge in [-0.2, -0.15) is 4.98 Å². The number of rotatable bonds is 7. The van der Waals surface area contributed by atoms with Crippen molar-refractivity contribution >= 4 is 5.97 Å². The zero-order chi connectivity index (χ0) is 21.9. The molecule has 1 heterocycles. The molecule has 3 aromatic rings. The number of carboxylic acids is 1. The standard InChI is InChI=1S/C22H20F2N2O4.Na/c1-4-29-18-10-9-15(24)11-16(18)17-12-19(30-22(2,3)21(27)28)26-20(25-17)13-5-7-14(23)8-6-13;/h5-12H,4H2,1-3H3,(H,27,28);/q;+1/p-1. The Morgan fingerprint density at radius 2 is 1.68 bits per heavy atom. The van der Waals surface area contributed by atoms with Crippen LogP contribution in [-0.2, 0) is 4.79 Å². The Balaban J connectivity index is 0.00000341. The molecule has 0 spiro atoms. The molecule has 1 aromatic heterocycles. The fraction of sp³-hybridized carbons (Fsp3) is 0.227. The second-order valence-corrected chi connectivity index (χ2v) is 6.90. The number of ether oxygens (including phenoxy) is 2. The van der Waals surface area contributed by atoms with E-state index in [1.165, 1.54) is 62.4 Å². The molecule has 0 radical (unpaired) electrons. The third-order valence-corrected chi connectivity index (χ3v) is 4.17. The molecule has 0 unspecified atom stereocenters. The number of hydrogen-bond donors (Lipinski definition) is 0. The van der Waals surface area contributed by atoms with E-state index in [2.05, 4.69) is 9.97 Å². The van der Waals surface area contributed by atoms with Crippen molar-refractivity contribution in [1.82, 2.24) is 9.97 Å². The zero-order valence-corrected chi connectivity index (χ0v) is 19.6. The van der Waals surface area contributed by atoms with E-state index in [-0.39, 0.29) is 47.0 Å². The molecule has 0 saturated heterocycles. The molecule has 0 bridgehead atoms. The van der Waals surface area contributed by atoms with Crippen molar-refractivity contribution in [2.45, 2.75) is 26.4 Å². The Labute approximate surface area is 200 Å². The summed E-state index contributed by atoms with van der Waals surface area (Å²) in [6, 6.07) is 10.8. The Hall–Kier alpha value is -2.55. The first-order valence-corrected chi connectivity index (χ1v) is 9.18. The van der Waals surface area contributed by atoms with Crippen LogP contribution in [0.25, 0.3) is 22.6 Å². The number of aliphatic carboxylic acids is 1. The normalized spacial score (nSPS) is 10.9. The van der Waals surface area contributed by atoms with E-state index < -0.39 is 23.2 Å². The number of carboxylic acid groups (broad SMARTS) is 1. The molecular formula is C22H19F2N2NaO4. The topological polar surface area (TPSA) is 84.4 Å². The van der Waals surface area contributed by atoms with Crippen molar-refractivity contribution in [2.75, 3.05) is 6.61 Å². The van der Waals surface area contributed by atoms with Crippen LogP contribution in [0.15, 0.2) is 48.5 Å². The Morgan fingerprint density at radius 3 is 2.29 bits per heavy atom. The predicted octanol–water partition coefficient (Wildman–Crippen LogP) is 0.399. The fourth-order valence-corrected chi connectivity index (χ4v) is 2.63. The Kier molecular flexibility index (Phi) is 8.11. The average Bonchev–Trinajstić information content (AvgIpc) is 2.69. The average molecular weight is 436 g/mol. The molecular weight excluding hydrogens is 417 g/mol. The summed E-state index contributed by atoms with van der Waals surface area (Å²) in [5.74, 6) is -1.93. The van der Waals surface area contributed by atoms with Gasteiger partial charge in [-0.1, -0.05) is 0 Å². The maximum absolute atomic E-state index is 14.0. The summed E-state index contributed by atoms with van der Waals surface area (Å²) in [6.07, 6.45) is 0. The van der Waals surface area contributed by atoms with Gasteiger partial charge in [0.2, 0.25) is 5.88 Å². The molecule has 156 valence electrons. The Bertz CT molecular complexity index is 1080. The maximum atomic E-state index is 14.0. The van der Waals surface area contributed by atoms with Gasteiger partial charge in [-0.05, 0) is 63.2 Å². The van der Waals surface area contributed by atoms with Gasteiger partial charge in [-0.15, -0.1) is 0 Å². The van der Waals surface area contributed by atoms with Crippen LogP contribution in [0.2, 0.25) is 0 Å². The van der Waals surface area contributed by atoms with Gasteiger partial charge in [0.05, 0.1) is 18.3 Å². The molecule has 0 N–H and O–H groups in total. The van der Waals surface area contributed by atoms with Crippen LogP contribution in [0.4, 0.5) is 8.78 Å². The molecule has 6 nitrogen and oxygen atoms in total. The summed E-state index contributed by atoms with van der Waals surface area (Å²) in [5.41, 5.74) is -0.644. The monoisotopic (exact) mass is 436 g/mol. The summed E-state index contributed by atoms with van der Waals surface area (Å²) < 4.78 is 38.4. The third-order valence-electron chi connectivity index (χ3n) is 4.17. The van der Waals surface area contributed by atoms with E-state index in [0.29, 0.717) is 23.5 Å². The minimum absolute atomic E-state index is 0. The molecule has 0 atom stereocenters. The number of hydrogen-bond acceptors (Lipinski definition) is 6. The maximum Gasteiger partial charge on any atom is 1.00 e. The molecule has 0 aliphatic carbocycles. The Morgan fingerprint density at radius 1 is 1.03 bits per heavy atom. The van der Waals surface area contributed by atoms with Gasteiger partial charge in [-0.25, -0.2) is 13.8 Å². The molecule has 31 heavy (non-hydrogen) atoms. The van der Waals surface area contributed by atoms with Gasteiger partial charge in [0, 0.05) is 17.2 Å². The smallest absolute Gasteiger partial charge is 0.546 e. The van der Waals surface area contributed by atoms with Gasteiger partial charge in [-0.3, -0.25) is 0 Å². The summed E-state index contributed by atoms with van der Waals surface area (Å²) in [4.78, 5) is 20.0. The molecule has 9 heteroatoms. The predicted molar refractivity (Wildman–Crippen MR) is 104 cm³/mol. The van der Waals surface area contributed by atoms with Gasteiger partial charge in [0.25, 0.3) is 0 Å². The van der Waals surface area contributed by atoms with Crippen molar-refractivity contribution in [3.05, 3.63) is 60.2 Å². The van der Waals surface area contributed by atoms with Crippen molar-refractivity contribution in [3.8, 4) is 34.3 Å². The van der Waals surface area contributed by atoms with Crippen molar-refractivity contribution < 1.29 is 57.7 Å². The SMILES string of the molecule is CCOc1ccc(F)cc1-c1cc(OC(C)(C)C(=O)[O-])nc(-c2ccc(F)cc2)n1.[Na+]. The summed E-state index contributed by atoms with van der Waals surface area (Å²) in [6.45, 7) is 4.76. The van der Waals surface area contributed by atoms with E-state index in [1.807, 2.05) is 0 Å². The van der Waals surface area contributed by atoms with Crippen LogP contribution in [0.1, 0.15) is 20.8 Å². The number of aromatic nitrogens is 2. The van der Waals surface area contributed by atoms with E-state index in [0.717, 1.165) is 0 Å². The van der Waals surface area contributed by atoms with Gasteiger partial charge < -0.3 is 19.4 Å². The molecule has 0 saturated carbocycles. The van der Waals surface area contributed by atoms with Crippen LogP contribution in [0.3, 0.4) is 0 Å². The van der Waals surface area contributed by atoms with E-state index in [4.69, 9.17) is 9.47 Å². The number of halogens is 2. The number of carbonyl (C=O) groups excluding carboxylic acids is 1. The van der Waals surface area contributed by atoms with Gasteiger partial charge >= 0.3 is 29.6 Å². The van der Waals surface area contributed by atoms with Crippen LogP contribution in [-0.4, -0.2) is 28.1 Å².